The Morgan fingerprint density at radius 2 is 2.10 bits per heavy atom. The van der Waals surface area contributed by atoms with Crippen molar-refractivity contribution in [2.45, 2.75) is 18.9 Å². The van der Waals surface area contributed by atoms with Crippen molar-refractivity contribution < 1.29 is 9.90 Å². The van der Waals surface area contributed by atoms with E-state index in [1.807, 2.05) is 0 Å². The molecule has 0 aromatic carbocycles. The minimum Gasteiger partial charge on any atom is -0.480 e. The van der Waals surface area contributed by atoms with Gasteiger partial charge in [0.2, 0.25) is 0 Å². The van der Waals surface area contributed by atoms with Gasteiger partial charge in [-0.25, -0.2) is 0 Å². The molecule has 4 nitrogen and oxygen atoms in total. The van der Waals surface area contributed by atoms with E-state index < -0.39 is 12.0 Å². The van der Waals surface area contributed by atoms with Crippen molar-refractivity contribution in [2.24, 2.45) is 11.5 Å². The molecule has 0 aliphatic heterocycles. The number of carboxylic acids is 1. The molecule has 5 N–H and O–H groups in total. The molecule has 0 fully saturated rings. The van der Waals surface area contributed by atoms with Gasteiger partial charge in [0.25, 0.3) is 0 Å². The molecule has 0 aliphatic rings. The van der Waals surface area contributed by atoms with E-state index in [2.05, 4.69) is 0 Å². The van der Waals surface area contributed by atoms with Gasteiger partial charge in [0.05, 0.1) is 0 Å². The van der Waals surface area contributed by atoms with E-state index in [4.69, 9.17) is 16.6 Å². The maximum atomic E-state index is 10.0. The zero-order valence-corrected chi connectivity index (χ0v) is 7.33. The van der Waals surface area contributed by atoms with Crippen molar-refractivity contribution in [1.29, 1.82) is 0 Å². The number of nitrogens with two attached hydrogens (primary N) is 2. The van der Waals surface area contributed by atoms with E-state index in [1.165, 1.54) is 0 Å². The summed E-state index contributed by atoms with van der Waals surface area (Å²) < 4.78 is 0. The number of rotatable bonds is 4. The van der Waals surface area contributed by atoms with Gasteiger partial charge in [-0.15, -0.1) is 17.0 Å². The molecule has 0 saturated heterocycles. The summed E-state index contributed by atoms with van der Waals surface area (Å²) in [4.78, 5) is 10.0. The third-order valence-corrected chi connectivity index (χ3v) is 1.04. The van der Waals surface area contributed by atoms with Crippen molar-refractivity contribution in [3.05, 3.63) is 0 Å². The molecule has 1 atom stereocenters. The Labute approximate surface area is 70.3 Å². The van der Waals surface area contributed by atoms with E-state index in [9.17, 15) is 4.79 Å². The lowest BCUT2D eigenvalue weighted by atomic mass is 10.2. The summed E-state index contributed by atoms with van der Waals surface area (Å²) in [7, 11) is 0. The Bertz CT molecular complexity index is 99.6. The normalized spacial score (nSPS) is 11.8. The zero-order chi connectivity index (χ0) is 7.28. The summed E-state index contributed by atoms with van der Waals surface area (Å²) >= 11 is 0. The Kier molecular flexibility index (Phi) is 8.75. The lowest BCUT2D eigenvalue weighted by Gasteiger charge is -2.02. The van der Waals surface area contributed by atoms with Gasteiger partial charge in [-0.1, -0.05) is 0 Å². The second-order valence-electron chi connectivity index (χ2n) is 1.88. The van der Waals surface area contributed by atoms with Crippen LogP contribution in [0.3, 0.4) is 0 Å². The van der Waals surface area contributed by atoms with Gasteiger partial charge >= 0.3 is 5.97 Å². The van der Waals surface area contributed by atoms with Gasteiger partial charge in [0, 0.05) is 0 Å². The highest BCUT2D eigenvalue weighted by atomic mass is 79.9. The molecule has 0 aromatic rings. The summed E-state index contributed by atoms with van der Waals surface area (Å²) in [5.74, 6) is -0.955. The average molecular weight is 213 g/mol. The van der Waals surface area contributed by atoms with Crippen molar-refractivity contribution in [3.8, 4) is 0 Å². The molecule has 0 heterocycles. The molecule has 0 aliphatic carbocycles. The summed E-state index contributed by atoms with van der Waals surface area (Å²) in [5.41, 5.74) is 10.3. The lowest BCUT2D eigenvalue weighted by molar-refractivity contribution is -0.138. The first-order valence-corrected chi connectivity index (χ1v) is 2.87. The van der Waals surface area contributed by atoms with Crippen LogP contribution in [-0.4, -0.2) is 23.7 Å². The molecule has 10 heavy (non-hydrogen) atoms. The van der Waals surface area contributed by atoms with Crippen molar-refractivity contribution in [1.82, 2.24) is 0 Å². The highest BCUT2D eigenvalue weighted by molar-refractivity contribution is 8.93. The average Bonchev–Trinajstić information content (AvgIpc) is 1.82. The number of halogens is 1. The van der Waals surface area contributed by atoms with Gasteiger partial charge in [-0.2, -0.15) is 0 Å². The Morgan fingerprint density at radius 3 is 2.40 bits per heavy atom. The van der Waals surface area contributed by atoms with Crippen LogP contribution in [0.15, 0.2) is 0 Å². The Morgan fingerprint density at radius 1 is 1.60 bits per heavy atom. The van der Waals surface area contributed by atoms with E-state index >= 15 is 0 Å². The van der Waals surface area contributed by atoms with Gasteiger partial charge in [-0.05, 0) is 19.4 Å². The monoisotopic (exact) mass is 212 g/mol. The SMILES string of the molecule is Br.NCCC[C@H](N)C(=O)O. The summed E-state index contributed by atoms with van der Waals surface area (Å²) in [6.07, 6.45) is 1.14. The fourth-order valence-electron chi connectivity index (χ4n) is 0.461. The maximum absolute atomic E-state index is 10.0. The van der Waals surface area contributed by atoms with Gasteiger partial charge in [0.15, 0.2) is 0 Å². The summed E-state index contributed by atoms with van der Waals surface area (Å²) in [6.45, 7) is 0.501. The lowest BCUT2D eigenvalue weighted by Crippen LogP contribution is -2.30. The maximum Gasteiger partial charge on any atom is 0.320 e. The molecule has 0 amide bonds. The highest BCUT2D eigenvalue weighted by Gasteiger charge is 2.08. The molecule has 0 unspecified atom stereocenters. The molecule has 5 heteroatoms. The zero-order valence-electron chi connectivity index (χ0n) is 5.62. The number of carbonyl (C=O) groups is 1. The van der Waals surface area contributed by atoms with Crippen LogP contribution in [0, 0.1) is 0 Å². The summed E-state index contributed by atoms with van der Waals surface area (Å²) in [5, 5.41) is 8.24. The molecule has 0 rings (SSSR count). The summed E-state index contributed by atoms with van der Waals surface area (Å²) in [6, 6.07) is -0.742. The molecular weight excluding hydrogens is 200 g/mol. The van der Waals surface area contributed by atoms with Crippen LogP contribution in [-0.2, 0) is 4.79 Å². The second-order valence-corrected chi connectivity index (χ2v) is 1.88. The van der Waals surface area contributed by atoms with Crippen LogP contribution < -0.4 is 11.5 Å². The van der Waals surface area contributed by atoms with E-state index in [-0.39, 0.29) is 17.0 Å². The Balaban J connectivity index is 0. The number of aliphatic carboxylic acids is 1. The topological polar surface area (TPSA) is 89.3 Å². The molecular formula is C5H13BrN2O2. The first-order chi connectivity index (χ1) is 4.18. The number of hydrogen-bond acceptors (Lipinski definition) is 3. The van der Waals surface area contributed by atoms with Gasteiger partial charge in [-0.3, -0.25) is 4.79 Å². The van der Waals surface area contributed by atoms with Crippen LogP contribution in [0.1, 0.15) is 12.8 Å². The van der Waals surface area contributed by atoms with Crippen molar-refractivity contribution in [3.63, 3.8) is 0 Å². The predicted octanol–water partition coefficient (Wildman–Crippen LogP) is -0.285. The van der Waals surface area contributed by atoms with Crippen LogP contribution >= 0.6 is 17.0 Å². The molecule has 0 saturated carbocycles. The molecule has 0 aromatic heterocycles. The standard InChI is InChI=1S/C5H12N2O2.BrH/c6-3-1-2-4(7)5(8)9;/h4H,1-3,6-7H2,(H,8,9);1H/t4-;/m0./s1. The third kappa shape index (κ3) is 6.00. The Hall–Kier alpha value is -0.130. The van der Waals surface area contributed by atoms with E-state index in [0.29, 0.717) is 19.4 Å². The number of carboxylic acid groups (broad SMARTS) is 1. The molecule has 0 radical (unpaired) electrons. The number of hydrogen-bond donors (Lipinski definition) is 3. The predicted molar refractivity (Wildman–Crippen MR) is 44.2 cm³/mol. The first-order valence-electron chi connectivity index (χ1n) is 2.87. The smallest absolute Gasteiger partial charge is 0.320 e. The molecule has 0 bridgehead atoms. The largest absolute Gasteiger partial charge is 0.480 e. The van der Waals surface area contributed by atoms with Crippen LogP contribution in [0.2, 0.25) is 0 Å². The van der Waals surface area contributed by atoms with Crippen LogP contribution in [0.4, 0.5) is 0 Å². The highest BCUT2D eigenvalue weighted by Crippen LogP contribution is 1.91. The third-order valence-electron chi connectivity index (χ3n) is 1.04. The second kappa shape index (κ2) is 6.98. The molecule has 62 valence electrons. The quantitative estimate of drug-likeness (QED) is 0.598. The fourth-order valence-corrected chi connectivity index (χ4v) is 0.461. The van der Waals surface area contributed by atoms with Gasteiger partial charge in [0.1, 0.15) is 6.04 Å². The molecule has 0 spiro atoms. The minimum atomic E-state index is -0.955. The van der Waals surface area contributed by atoms with Gasteiger partial charge < -0.3 is 16.6 Å². The van der Waals surface area contributed by atoms with Crippen molar-refractivity contribution >= 4 is 23.0 Å². The first kappa shape index (κ1) is 12.5. The fraction of sp³-hybridized carbons (Fsp3) is 0.800. The van der Waals surface area contributed by atoms with Crippen molar-refractivity contribution in [2.75, 3.05) is 6.54 Å². The van der Waals surface area contributed by atoms with Crippen LogP contribution in [0.25, 0.3) is 0 Å². The van der Waals surface area contributed by atoms with E-state index in [1.54, 1.807) is 0 Å². The van der Waals surface area contributed by atoms with Crippen LogP contribution in [0.5, 0.6) is 0 Å². The van der Waals surface area contributed by atoms with E-state index in [0.717, 1.165) is 0 Å². The minimum absolute atomic E-state index is 0.